The van der Waals surface area contributed by atoms with Gasteiger partial charge >= 0.3 is 0 Å². The lowest BCUT2D eigenvalue weighted by Gasteiger charge is -2.25. The summed E-state index contributed by atoms with van der Waals surface area (Å²) in [4.78, 5) is 16.0. The van der Waals surface area contributed by atoms with E-state index in [0.717, 1.165) is 12.0 Å². The normalized spacial score (nSPS) is 14.3. The molecule has 1 aromatic heterocycles. The first-order chi connectivity index (χ1) is 7.97. The number of hydrogen-bond acceptors (Lipinski definition) is 3. The molecule has 2 atom stereocenters. The van der Waals surface area contributed by atoms with E-state index in [4.69, 9.17) is 5.73 Å². The molecular formula is C13H23Cl2N3O. The number of aromatic nitrogens is 1. The molecule has 1 rings (SSSR count). The van der Waals surface area contributed by atoms with Crippen LogP contribution in [0.25, 0.3) is 0 Å². The van der Waals surface area contributed by atoms with Crippen LogP contribution in [0, 0.1) is 0 Å². The predicted molar refractivity (Wildman–Crippen MR) is 82.8 cm³/mol. The zero-order valence-corrected chi connectivity index (χ0v) is 13.2. The Labute approximate surface area is 127 Å². The van der Waals surface area contributed by atoms with E-state index in [1.807, 2.05) is 26.0 Å². The Morgan fingerprint density at radius 1 is 1.53 bits per heavy atom. The van der Waals surface area contributed by atoms with Crippen LogP contribution in [-0.2, 0) is 4.79 Å². The van der Waals surface area contributed by atoms with Gasteiger partial charge in [-0.25, -0.2) is 0 Å². The molecule has 0 spiro atoms. The van der Waals surface area contributed by atoms with Crippen molar-refractivity contribution in [2.75, 3.05) is 0 Å². The fourth-order valence-electron chi connectivity index (χ4n) is 1.71. The average molecular weight is 308 g/mol. The van der Waals surface area contributed by atoms with E-state index in [1.165, 1.54) is 0 Å². The van der Waals surface area contributed by atoms with Crippen LogP contribution in [0.5, 0.6) is 0 Å². The van der Waals surface area contributed by atoms with Gasteiger partial charge in [-0.2, -0.15) is 0 Å². The highest BCUT2D eigenvalue weighted by Crippen LogP contribution is 2.14. The van der Waals surface area contributed by atoms with Crippen molar-refractivity contribution >= 4 is 30.7 Å². The van der Waals surface area contributed by atoms with Crippen molar-refractivity contribution in [3.8, 4) is 0 Å². The summed E-state index contributed by atoms with van der Waals surface area (Å²) in [6.45, 7) is 5.71. The van der Waals surface area contributed by atoms with Crippen molar-refractivity contribution in [2.45, 2.75) is 45.2 Å². The summed E-state index contributed by atoms with van der Waals surface area (Å²) in [5, 5.41) is 2.92. The van der Waals surface area contributed by atoms with E-state index in [9.17, 15) is 4.79 Å². The molecule has 0 bridgehead atoms. The van der Waals surface area contributed by atoms with Gasteiger partial charge in [-0.1, -0.05) is 19.4 Å². The SMILES string of the molecule is CCCC(C)(N)C(=O)N[C@@H](C)c1cccnc1.Cl.Cl. The minimum absolute atomic E-state index is 0. The fourth-order valence-corrected chi connectivity index (χ4v) is 1.71. The molecule has 110 valence electrons. The topological polar surface area (TPSA) is 68.0 Å². The fraction of sp³-hybridized carbons (Fsp3) is 0.538. The number of carbonyl (C=O) groups is 1. The molecule has 4 nitrogen and oxygen atoms in total. The predicted octanol–water partition coefficient (Wildman–Crippen LogP) is 2.62. The van der Waals surface area contributed by atoms with Gasteiger partial charge in [0.1, 0.15) is 0 Å². The van der Waals surface area contributed by atoms with Crippen LogP contribution in [0.3, 0.4) is 0 Å². The second-order valence-electron chi connectivity index (χ2n) is 4.65. The van der Waals surface area contributed by atoms with Crippen LogP contribution in [0.4, 0.5) is 0 Å². The third-order valence-corrected chi connectivity index (χ3v) is 2.82. The number of rotatable bonds is 5. The summed E-state index contributed by atoms with van der Waals surface area (Å²) < 4.78 is 0. The Morgan fingerprint density at radius 3 is 2.63 bits per heavy atom. The second-order valence-corrected chi connectivity index (χ2v) is 4.65. The van der Waals surface area contributed by atoms with E-state index in [2.05, 4.69) is 10.3 Å². The number of nitrogens with one attached hydrogen (secondary N) is 1. The minimum atomic E-state index is -0.800. The number of hydrogen-bond donors (Lipinski definition) is 2. The van der Waals surface area contributed by atoms with Crippen molar-refractivity contribution in [1.29, 1.82) is 0 Å². The Morgan fingerprint density at radius 2 is 2.16 bits per heavy atom. The summed E-state index contributed by atoms with van der Waals surface area (Å²) in [5.41, 5.74) is 6.15. The van der Waals surface area contributed by atoms with Crippen molar-refractivity contribution < 1.29 is 4.79 Å². The van der Waals surface area contributed by atoms with Gasteiger partial charge in [-0.05, 0) is 31.9 Å². The first kappa shape index (κ1) is 20.5. The molecule has 3 N–H and O–H groups in total. The molecule has 1 amide bonds. The van der Waals surface area contributed by atoms with Gasteiger partial charge in [-0.15, -0.1) is 24.8 Å². The summed E-state index contributed by atoms with van der Waals surface area (Å²) in [5.74, 6) is -0.115. The zero-order valence-electron chi connectivity index (χ0n) is 11.6. The molecule has 1 unspecified atom stereocenters. The van der Waals surface area contributed by atoms with Crippen molar-refractivity contribution in [2.24, 2.45) is 5.73 Å². The molecule has 0 saturated heterocycles. The van der Waals surface area contributed by atoms with E-state index in [0.29, 0.717) is 6.42 Å². The van der Waals surface area contributed by atoms with Gasteiger partial charge in [0, 0.05) is 12.4 Å². The lowest BCUT2D eigenvalue weighted by atomic mass is 9.96. The average Bonchev–Trinajstić information content (AvgIpc) is 2.30. The molecule has 0 fully saturated rings. The number of carbonyl (C=O) groups excluding carboxylic acids is 1. The van der Waals surface area contributed by atoms with Gasteiger partial charge in [0.2, 0.25) is 5.91 Å². The number of halogens is 2. The largest absolute Gasteiger partial charge is 0.348 e. The van der Waals surface area contributed by atoms with E-state index >= 15 is 0 Å². The highest BCUT2D eigenvalue weighted by Gasteiger charge is 2.28. The summed E-state index contributed by atoms with van der Waals surface area (Å²) in [6, 6.07) is 3.72. The first-order valence-electron chi connectivity index (χ1n) is 5.97. The Hall–Kier alpha value is -0.840. The molecule has 19 heavy (non-hydrogen) atoms. The minimum Gasteiger partial charge on any atom is -0.348 e. The van der Waals surface area contributed by atoms with E-state index in [1.54, 1.807) is 19.3 Å². The van der Waals surface area contributed by atoms with Crippen LogP contribution >= 0.6 is 24.8 Å². The van der Waals surface area contributed by atoms with Crippen LogP contribution < -0.4 is 11.1 Å². The number of nitrogens with zero attached hydrogens (tertiary/aromatic N) is 1. The summed E-state index contributed by atoms with van der Waals surface area (Å²) >= 11 is 0. The highest BCUT2D eigenvalue weighted by atomic mass is 35.5. The number of amides is 1. The van der Waals surface area contributed by atoms with E-state index < -0.39 is 5.54 Å². The second kappa shape index (κ2) is 9.13. The van der Waals surface area contributed by atoms with Crippen LogP contribution in [0.15, 0.2) is 24.5 Å². The zero-order chi connectivity index (χ0) is 12.9. The Bertz CT molecular complexity index is 371. The molecule has 0 saturated carbocycles. The molecule has 6 heteroatoms. The number of pyridine rings is 1. The molecule has 0 aromatic carbocycles. The maximum absolute atomic E-state index is 12.0. The van der Waals surface area contributed by atoms with Crippen LogP contribution in [0.2, 0.25) is 0 Å². The monoisotopic (exact) mass is 307 g/mol. The van der Waals surface area contributed by atoms with Crippen LogP contribution in [-0.4, -0.2) is 16.4 Å². The smallest absolute Gasteiger partial charge is 0.240 e. The highest BCUT2D eigenvalue weighted by molar-refractivity contribution is 5.86. The molecule has 1 aromatic rings. The van der Waals surface area contributed by atoms with Crippen molar-refractivity contribution in [3.05, 3.63) is 30.1 Å². The van der Waals surface area contributed by atoms with Crippen LogP contribution in [0.1, 0.15) is 45.2 Å². The summed E-state index contributed by atoms with van der Waals surface area (Å²) in [6.07, 6.45) is 5.03. The van der Waals surface area contributed by atoms with Crippen molar-refractivity contribution in [1.82, 2.24) is 10.3 Å². The maximum Gasteiger partial charge on any atom is 0.240 e. The molecule has 0 aliphatic rings. The lowest BCUT2D eigenvalue weighted by molar-refractivity contribution is -0.126. The Balaban J connectivity index is 0. The maximum atomic E-state index is 12.0. The molecule has 0 radical (unpaired) electrons. The molecular weight excluding hydrogens is 285 g/mol. The number of nitrogens with two attached hydrogens (primary N) is 1. The Kier molecular flexibility index (Phi) is 9.84. The standard InChI is InChI=1S/C13H21N3O.2ClH/c1-4-7-13(3,14)12(17)16-10(2)11-6-5-8-15-9-11;;/h5-6,8-10H,4,7,14H2,1-3H3,(H,16,17);2*1H/t10-,13?;;/m0../s1. The van der Waals surface area contributed by atoms with Crippen molar-refractivity contribution in [3.63, 3.8) is 0 Å². The lowest BCUT2D eigenvalue weighted by Crippen LogP contribution is -2.52. The molecule has 0 aliphatic heterocycles. The van der Waals surface area contributed by atoms with Gasteiger partial charge in [0.05, 0.1) is 11.6 Å². The quantitative estimate of drug-likeness (QED) is 0.878. The van der Waals surface area contributed by atoms with Gasteiger partial charge in [0.25, 0.3) is 0 Å². The third-order valence-electron chi connectivity index (χ3n) is 2.82. The third kappa shape index (κ3) is 6.23. The molecule has 1 heterocycles. The van der Waals surface area contributed by atoms with E-state index in [-0.39, 0.29) is 36.8 Å². The van der Waals surface area contributed by atoms with Gasteiger partial charge in [-0.3, -0.25) is 9.78 Å². The molecule has 0 aliphatic carbocycles. The van der Waals surface area contributed by atoms with Gasteiger partial charge < -0.3 is 11.1 Å². The first-order valence-corrected chi connectivity index (χ1v) is 5.97. The summed E-state index contributed by atoms with van der Waals surface area (Å²) in [7, 11) is 0. The van der Waals surface area contributed by atoms with Gasteiger partial charge in [0.15, 0.2) is 0 Å².